The Bertz CT molecular complexity index is 657. The molecular formula is C19H22ClNO2. The van der Waals surface area contributed by atoms with Gasteiger partial charge in [-0.3, -0.25) is 0 Å². The number of aryl methyl sites for hydroxylation is 1. The third-order valence-corrected chi connectivity index (χ3v) is 4.44. The molecule has 2 aromatic carbocycles. The molecule has 1 N–H and O–H groups in total. The predicted octanol–water partition coefficient (Wildman–Crippen LogP) is -0.952. The number of carbonyl (C=O) groups excluding carboxylic acids is 1. The first kappa shape index (κ1) is 17.5. The molecule has 4 heteroatoms. The minimum Gasteiger partial charge on any atom is -1.00 e. The number of nitrogens with one attached hydrogen (secondary N) is 1. The number of likely N-dealkylation sites (N-methyl/N-ethyl adjacent to an activating group) is 1. The summed E-state index contributed by atoms with van der Waals surface area (Å²) in [7, 11) is 4.25. The number of quaternary nitrogens is 1. The highest BCUT2D eigenvalue weighted by Gasteiger charge is 2.36. The quantitative estimate of drug-likeness (QED) is 0.735. The van der Waals surface area contributed by atoms with Gasteiger partial charge in [0.15, 0.2) is 6.10 Å². The highest BCUT2D eigenvalue weighted by molar-refractivity contribution is 5.89. The fourth-order valence-corrected chi connectivity index (χ4v) is 3.21. The van der Waals surface area contributed by atoms with Gasteiger partial charge in [-0.05, 0) is 24.1 Å². The Morgan fingerprint density at radius 2 is 1.70 bits per heavy atom. The van der Waals surface area contributed by atoms with E-state index in [-0.39, 0.29) is 24.5 Å². The molecule has 1 aliphatic rings. The summed E-state index contributed by atoms with van der Waals surface area (Å²) in [4.78, 5) is 13.8. The summed E-state index contributed by atoms with van der Waals surface area (Å²) in [6.45, 7) is 0. The van der Waals surface area contributed by atoms with Crippen molar-refractivity contribution < 1.29 is 26.8 Å². The van der Waals surface area contributed by atoms with Crippen LogP contribution in [0.25, 0.3) is 0 Å². The Morgan fingerprint density at radius 1 is 1.04 bits per heavy atom. The first-order valence-electron chi connectivity index (χ1n) is 7.80. The molecule has 0 spiro atoms. The van der Waals surface area contributed by atoms with E-state index in [0.717, 1.165) is 18.4 Å². The van der Waals surface area contributed by atoms with Crippen LogP contribution < -0.4 is 17.3 Å². The van der Waals surface area contributed by atoms with Gasteiger partial charge in [-0.2, -0.15) is 0 Å². The molecule has 0 fully saturated rings. The van der Waals surface area contributed by atoms with Crippen molar-refractivity contribution in [3.8, 4) is 0 Å². The number of rotatable bonds is 3. The lowest BCUT2D eigenvalue weighted by Crippen LogP contribution is -3.11. The lowest BCUT2D eigenvalue weighted by molar-refractivity contribution is -0.891. The zero-order chi connectivity index (χ0) is 15.5. The number of ether oxygens (including phenoxy) is 1. The van der Waals surface area contributed by atoms with E-state index in [4.69, 9.17) is 4.74 Å². The van der Waals surface area contributed by atoms with Crippen LogP contribution in [-0.2, 0) is 11.2 Å². The Morgan fingerprint density at radius 3 is 2.39 bits per heavy atom. The minimum absolute atomic E-state index is 0. The van der Waals surface area contributed by atoms with Gasteiger partial charge in [-0.15, -0.1) is 0 Å². The van der Waals surface area contributed by atoms with Crippen LogP contribution in [0.5, 0.6) is 0 Å². The van der Waals surface area contributed by atoms with Crippen molar-refractivity contribution in [2.45, 2.75) is 25.0 Å². The first-order valence-corrected chi connectivity index (χ1v) is 7.80. The molecule has 122 valence electrons. The van der Waals surface area contributed by atoms with E-state index < -0.39 is 0 Å². The molecule has 0 aliphatic heterocycles. The van der Waals surface area contributed by atoms with E-state index in [9.17, 15) is 4.79 Å². The molecule has 0 saturated carbocycles. The van der Waals surface area contributed by atoms with Crippen LogP contribution in [0, 0.1) is 0 Å². The van der Waals surface area contributed by atoms with E-state index in [1.807, 2.05) is 24.3 Å². The Balaban J connectivity index is 0.00000192. The summed E-state index contributed by atoms with van der Waals surface area (Å²) < 4.78 is 5.92. The topological polar surface area (TPSA) is 30.7 Å². The normalized spacial score (nSPS) is 19.6. The van der Waals surface area contributed by atoms with Gasteiger partial charge in [0.2, 0.25) is 0 Å². The van der Waals surface area contributed by atoms with Gasteiger partial charge >= 0.3 is 5.97 Å². The summed E-state index contributed by atoms with van der Waals surface area (Å²) in [6, 6.07) is 17.8. The average molecular weight is 332 g/mol. The standard InChI is InChI=1S/C19H21NO2.ClH/c1-20(2)17-13-12-14-8-6-7-11-16(14)18(17)22-19(21)15-9-4-3-5-10-15;/h3-11,17-18H,12-13H2,1-2H3;1H/t17?,18-;/m1./s1. The summed E-state index contributed by atoms with van der Waals surface area (Å²) >= 11 is 0. The van der Waals surface area contributed by atoms with Gasteiger partial charge < -0.3 is 22.0 Å². The lowest BCUT2D eigenvalue weighted by Gasteiger charge is -2.34. The monoisotopic (exact) mass is 331 g/mol. The second kappa shape index (κ2) is 7.62. The molecule has 1 unspecified atom stereocenters. The number of hydrogen-bond acceptors (Lipinski definition) is 2. The van der Waals surface area contributed by atoms with Gasteiger partial charge in [0, 0.05) is 12.0 Å². The predicted molar refractivity (Wildman–Crippen MR) is 86.0 cm³/mol. The molecule has 0 amide bonds. The molecule has 0 bridgehead atoms. The number of carbonyl (C=O) groups is 1. The summed E-state index contributed by atoms with van der Waals surface area (Å²) in [6.07, 6.45) is 1.90. The molecule has 1 aliphatic carbocycles. The maximum atomic E-state index is 12.5. The van der Waals surface area contributed by atoms with Crippen molar-refractivity contribution in [2.75, 3.05) is 14.1 Å². The summed E-state index contributed by atoms with van der Waals surface area (Å²) in [5.74, 6) is -0.242. The van der Waals surface area contributed by atoms with Gasteiger partial charge in [0.25, 0.3) is 0 Å². The van der Waals surface area contributed by atoms with E-state index in [1.54, 1.807) is 12.1 Å². The highest BCUT2D eigenvalue weighted by atomic mass is 35.5. The zero-order valence-corrected chi connectivity index (χ0v) is 14.2. The van der Waals surface area contributed by atoms with Crippen LogP contribution in [-0.4, -0.2) is 26.1 Å². The van der Waals surface area contributed by atoms with Crippen LogP contribution in [0.2, 0.25) is 0 Å². The Kier molecular flexibility index (Phi) is 5.80. The second-order valence-corrected chi connectivity index (χ2v) is 6.11. The molecule has 23 heavy (non-hydrogen) atoms. The first-order chi connectivity index (χ1) is 10.7. The molecule has 2 aromatic rings. The van der Waals surface area contributed by atoms with E-state index in [1.165, 1.54) is 10.5 Å². The minimum atomic E-state index is -0.242. The lowest BCUT2D eigenvalue weighted by atomic mass is 9.85. The van der Waals surface area contributed by atoms with Gasteiger partial charge in [0.1, 0.15) is 6.04 Å². The SMILES string of the molecule is C[NH+](C)C1CCc2ccccc2[C@H]1OC(=O)c1ccccc1.[Cl-]. The number of fused-ring (bicyclic) bond motifs is 1. The van der Waals surface area contributed by atoms with Crippen molar-refractivity contribution in [1.29, 1.82) is 0 Å². The molecule has 3 nitrogen and oxygen atoms in total. The van der Waals surface area contributed by atoms with Crippen LogP contribution >= 0.6 is 0 Å². The Hall–Kier alpha value is -1.84. The fourth-order valence-electron chi connectivity index (χ4n) is 3.21. The van der Waals surface area contributed by atoms with Crippen molar-refractivity contribution in [2.24, 2.45) is 0 Å². The van der Waals surface area contributed by atoms with E-state index in [0.29, 0.717) is 11.6 Å². The number of hydrogen-bond donors (Lipinski definition) is 1. The molecule has 3 rings (SSSR count). The van der Waals surface area contributed by atoms with Crippen LogP contribution in [0.15, 0.2) is 54.6 Å². The molecule has 2 atom stereocenters. The smallest absolute Gasteiger partial charge is 0.338 e. The van der Waals surface area contributed by atoms with Gasteiger partial charge in [-0.25, -0.2) is 4.79 Å². The molecule has 0 heterocycles. The fraction of sp³-hybridized carbons (Fsp3) is 0.316. The highest BCUT2D eigenvalue weighted by Crippen LogP contribution is 2.32. The maximum Gasteiger partial charge on any atom is 0.338 e. The third kappa shape index (κ3) is 3.74. The molecule has 0 aromatic heterocycles. The van der Waals surface area contributed by atoms with E-state index in [2.05, 4.69) is 32.3 Å². The van der Waals surface area contributed by atoms with Crippen LogP contribution in [0.3, 0.4) is 0 Å². The van der Waals surface area contributed by atoms with Crippen molar-refractivity contribution >= 4 is 5.97 Å². The average Bonchev–Trinajstić information content (AvgIpc) is 2.55. The number of halogens is 1. The Labute approximate surface area is 143 Å². The number of benzene rings is 2. The molecule has 0 saturated heterocycles. The van der Waals surface area contributed by atoms with Crippen molar-refractivity contribution in [3.63, 3.8) is 0 Å². The summed E-state index contributed by atoms with van der Waals surface area (Å²) in [5.41, 5.74) is 3.06. The van der Waals surface area contributed by atoms with Crippen LogP contribution in [0.4, 0.5) is 0 Å². The maximum absolute atomic E-state index is 12.5. The number of esters is 1. The van der Waals surface area contributed by atoms with E-state index >= 15 is 0 Å². The van der Waals surface area contributed by atoms with Gasteiger partial charge in [0.05, 0.1) is 19.7 Å². The van der Waals surface area contributed by atoms with Crippen molar-refractivity contribution in [1.82, 2.24) is 0 Å². The molecule has 0 radical (unpaired) electrons. The largest absolute Gasteiger partial charge is 1.00 e. The van der Waals surface area contributed by atoms with Crippen LogP contribution in [0.1, 0.15) is 34.0 Å². The summed E-state index contributed by atoms with van der Waals surface area (Å²) in [5, 5.41) is 0. The van der Waals surface area contributed by atoms with Gasteiger partial charge in [-0.1, -0.05) is 42.5 Å². The third-order valence-electron chi connectivity index (χ3n) is 4.44. The molecular weight excluding hydrogens is 310 g/mol. The van der Waals surface area contributed by atoms with Crippen molar-refractivity contribution in [3.05, 3.63) is 71.3 Å². The zero-order valence-electron chi connectivity index (χ0n) is 13.5. The second-order valence-electron chi connectivity index (χ2n) is 6.11.